The van der Waals surface area contributed by atoms with Crippen molar-refractivity contribution in [2.75, 3.05) is 26.1 Å². The predicted octanol–water partition coefficient (Wildman–Crippen LogP) is 1.56. The molecule has 1 aromatic rings. The van der Waals surface area contributed by atoms with Gasteiger partial charge in [0.2, 0.25) is 5.91 Å². The number of hydrogen-bond donors (Lipinski definition) is 2. The molecule has 0 saturated heterocycles. The van der Waals surface area contributed by atoms with Gasteiger partial charge >= 0.3 is 0 Å². The molecule has 1 aromatic carbocycles. The molecule has 0 atom stereocenters. The summed E-state index contributed by atoms with van der Waals surface area (Å²) in [7, 11) is 1.55. The van der Waals surface area contributed by atoms with Gasteiger partial charge in [0.05, 0.1) is 7.11 Å². The number of rotatable bonds is 8. The van der Waals surface area contributed by atoms with E-state index in [0.29, 0.717) is 43.1 Å². The number of alkyl halides is 1. The van der Waals surface area contributed by atoms with Crippen LogP contribution in [0.5, 0.6) is 5.75 Å². The third-order valence-electron chi connectivity index (χ3n) is 2.60. The maximum absolute atomic E-state index is 11.8. The van der Waals surface area contributed by atoms with Crippen LogP contribution < -0.4 is 15.4 Å². The Hall–Kier alpha value is -1.75. The van der Waals surface area contributed by atoms with Crippen molar-refractivity contribution >= 4 is 23.4 Å². The molecule has 0 bridgehead atoms. The van der Waals surface area contributed by atoms with E-state index in [9.17, 15) is 9.59 Å². The van der Waals surface area contributed by atoms with Crippen molar-refractivity contribution in [1.29, 1.82) is 0 Å². The Balaban J connectivity index is 2.27. The summed E-state index contributed by atoms with van der Waals surface area (Å²) in [5.74, 6) is 0.854. The summed E-state index contributed by atoms with van der Waals surface area (Å²) in [6, 6.07) is 6.89. The van der Waals surface area contributed by atoms with Gasteiger partial charge in [0, 0.05) is 31.0 Å². The lowest BCUT2D eigenvalue weighted by molar-refractivity contribution is -0.121. The van der Waals surface area contributed by atoms with Crippen LogP contribution in [0.4, 0.5) is 0 Å². The summed E-state index contributed by atoms with van der Waals surface area (Å²) in [4.78, 5) is 23.1. The second-order valence-corrected chi connectivity index (χ2v) is 4.51. The molecule has 6 heteroatoms. The average molecular weight is 299 g/mol. The number of ether oxygens (including phenoxy) is 1. The van der Waals surface area contributed by atoms with E-state index in [1.807, 2.05) is 0 Å². The highest BCUT2D eigenvalue weighted by Crippen LogP contribution is 2.12. The fourth-order valence-corrected chi connectivity index (χ4v) is 1.69. The molecule has 2 amide bonds. The van der Waals surface area contributed by atoms with E-state index < -0.39 is 0 Å². The Morgan fingerprint density at radius 2 is 2.00 bits per heavy atom. The van der Waals surface area contributed by atoms with Crippen molar-refractivity contribution in [3.63, 3.8) is 0 Å². The molecule has 1 rings (SSSR count). The summed E-state index contributed by atoms with van der Waals surface area (Å²) in [6.07, 6.45) is 1.07. The number of methoxy groups -OCH3 is 1. The molecule has 0 fully saturated rings. The van der Waals surface area contributed by atoms with E-state index >= 15 is 0 Å². The highest BCUT2D eigenvalue weighted by molar-refractivity contribution is 6.17. The Morgan fingerprint density at radius 1 is 1.25 bits per heavy atom. The largest absolute Gasteiger partial charge is 0.497 e. The van der Waals surface area contributed by atoms with Crippen molar-refractivity contribution in [2.45, 2.75) is 12.8 Å². The van der Waals surface area contributed by atoms with Crippen molar-refractivity contribution in [1.82, 2.24) is 10.6 Å². The van der Waals surface area contributed by atoms with Gasteiger partial charge in [0.1, 0.15) is 5.75 Å². The highest BCUT2D eigenvalue weighted by atomic mass is 35.5. The second kappa shape index (κ2) is 9.20. The van der Waals surface area contributed by atoms with Crippen molar-refractivity contribution in [2.24, 2.45) is 0 Å². The summed E-state index contributed by atoms with van der Waals surface area (Å²) in [5, 5.41) is 5.44. The number of hydrogen-bond acceptors (Lipinski definition) is 3. The molecular weight excluding hydrogens is 280 g/mol. The van der Waals surface area contributed by atoms with Crippen LogP contribution in [0.15, 0.2) is 24.3 Å². The normalized spacial score (nSPS) is 9.90. The van der Waals surface area contributed by atoms with E-state index in [4.69, 9.17) is 16.3 Å². The Bertz CT molecular complexity index is 452. The molecule has 2 N–H and O–H groups in total. The third-order valence-corrected chi connectivity index (χ3v) is 2.87. The first-order valence-electron chi connectivity index (χ1n) is 6.42. The van der Waals surface area contributed by atoms with E-state index in [1.165, 1.54) is 0 Å². The standard InChI is InChI=1S/C14H19ClN2O3/c1-20-12-5-2-4-11(10-12)14(19)17-9-8-16-13(18)6-3-7-15/h2,4-5,10H,3,6-9H2,1H3,(H,16,18)(H,17,19). The molecule has 0 aliphatic heterocycles. The molecule has 20 heavy (non-hydrogen) atoms. The van der Waals surface area contributed by atoms with E-state index in [2.05, 4.69) is 10.6 Å². The minimum atomic E-state index is -0.195. The lowest BCUT2D eigenvalue weighted by Crippen LogP contribution is -2.34. The number of carbonyl (C=O) groups is 2. The molecule has 0 aliphatic carbocycles. The zero-order valence-electron chi connectivity index (χ0n) is 11.4. The fraction of sp³-hybridized carbons (Fsp3) is 0.429. The minimum Gasteiger partial charge on any atom is -0.497 e. The van der Waals surface area contributed by atoms with Gasteiger partial charge in [-0.05, 0) is 24.6 Å². The Morgan fingerprint density at radius 3 is 2.70 bits per heavy atom. The van der Waals surface area contributed by atoms with Crippen LogP contribution in [0.25, 0.3) is 0 Å². The third kappa shape index (κ3) is 5.93. The molecule has 5 nitrogen and oxygen atoms in total. The summed E-state index contributed by atoms with van der Waals surface area (Å²) >= 11 is 5.49. The fourth-order valence-electron chi connectivity index (χ4n) is 1.56. The average Bonchev–Trinajstić information content (AvgIpc) is 2.49. The van der Waals surface area contributed by atoms with E-state index in [0.717, 1.165) is 0 Å². The zero-order valence-corrected chi connectivity index (χ0v) is 12.2. The smallest absolute Gasteiger partial charge is 0.251 e. The number of carbonyl (C=O) groups excluding carboxylic acids is 2. The van der Waals surface area contributed by atoms with Crippen molar-refractivity contribution < 1.29 is 14.3 Å². The lowest BCUT2D eigenvalue weighted by atomic mass is 10.2. The lowest BCUT2D eigenvalue weighted by Gasteiger charge is -2.07. The van der Waals surface area contributed by atoms with Crippen molar-refractivity contribution in [3.8, 4) is 5.75 Å². The highest BCUT2D eigenvalue weighted by Gasteiger charge is 2.06. The molecular formula is C14H19ClN2O3. The maximum Gasteiger partial charge on any atom is 0.251 e. The summed E-state index contributed by atoms with van der Waals surface area (Å²) in [6.45, 7) is 0.777. The van der Waals surface area contributed by atoms with Gasteiger partial charge in [-0.2, -0.15) is 0 Å². The van der Waals surface area contributed by atoms with Gasteiger partial charge < -0.3 is 15.4 Å². The minimum absolute atomic E-state index is 0.0544. The number of benzene rings is 1. The molecule has 110 valence electrons. The molecule has 0 unspecified atom stereocenters. The van der Waals surface area contributed by atoms with Gasteiger partial charge in [-0.3, -0.25) is 9.59 Å². The Kier molecular flexibility index (Phi) is 7.50. The van der Waals surface area contributed by atoms with Crippen LogP contribution in [0.1, 0.15) is 23.2 Å². The van der Waals surface area contributed by atoms with Crippen LogP contribution in [0.2, 0.25) is 0 Å². The zero-order chi connectivity index (χ0) is 14.8. The SMILES string of the molecule is COc1cccc(C(=O)NCCNC(=O)CCCCl)c1. The van der Waals surface area contributed by atoms with Gasteiger partial charge in [0.15, 0.2) is 0 Å². The van der Waals surface area contributed by atoms with E-state index in [-0.39, 0.29) is 11.8 Å². The van der Waals surface area contributed by atoms with Crippen LogP contribution in [0.3, 0.4) is 0 Å². The Labute approximate surface area is 123 Å². The number of halogens is 1. The molecule has 0 radical (unpaired) electrons. The first-order valence-corrected chi connectivity index (χ1v) is 6.95. The second-order valence-electron chi connectivity index (χ2n) is 4.13. The van der Waals surface area contributed by atoms with Gasteiger partial charge in [0.25, 0.3) is 5.91 Å². The summed E-state index contributed by atoms with van der Waals surface area (Å²) in [5.41, 5.74) is 0.526. The first kappa shape index (κ1) is 16.3. The van der Waals surface area contributed by atoms with Crippen LogP contribution in [0, 0.1) is 0 Å². The predicted molar refractivity (Wildman–Crippen MR) is 78.3 cm³/mol. The van der Waals surface area contributed by atoms with Crippen LogP contribution >= 0.6 is 11.6 Å². The van der Waals surface area contributed by atoms with Crippen molar-refractivity contribution in [3.05, 3.63) is 29.8 Å². The maximum atomic E-state index is 11.8. The molecule has 0 aliphatic rings. The number of amides is 2. The first-order chi connectivity index (χ1) is 9.67. The number of nitrogens with one attached hydrogen (secondary N) is 2. The molecule has 0 aromatic heterocycles. The van der Waals surface area contributed by atoms with Crippen LogP contribution in [-0.4, -0.2) is 37.9 Å². The van der Waals surface area contributed by atoms with Crippen LogP contribution in [-0.2, 0) is 4.79 Å². The quantitative estimate of drug-likeness (QED) is 0.565. The van der Waals surface area contributed by atoms with Gasteiger partial charge in [-0.25, -0.2) is 0 Å². The van der Waals surface area contributed by atoms with Gasteiger partial charge in [-0.15, -0.1) is 11.6 Å². The monoisotopic (exact) mass is 298 g/mol. The topological polar surface area (TPSA) is 67.4 Å². The van der Waals surface area contributed by atoms with Gasteiger partial charge in [-0.1, -0.05) is 6.07 Å². The van der Waals surface area contributed by atoms with E-state index in [1.54, 1.807) is 31.4 Å². The molecule has 0 saturated carbocycles. The summed E-state index contributed by atoms with van der Waals surface area (Å²) < 4.78 is 5.05. The molecule has 0 spiro atoms. The molecule has 0 heterocycles.